The molecule has 7 nitrogen and oxygen atoms in total. The third-order valence-corrected chi connectivity index (χ3v) is 6.51. The maximum atomic E-state index is 12.9. The lowest BCUT2D eigenvalue weighted by Gasteiger charge is -2.19. The van der Waals surface area contributed by atoms with Crippen LogP contribution < -0.4 is 0 Å². The van der Waals surface area contributed by atoms with Crippen LogP contribution in [0.1, 0.15) is 28.8 Å². The topological polar surface area (TPSA) is 79.5 Å². The average molecular weight is 378 g/mol. The molecule has 3 rings (SSSR count). The Hall–Kier alpha value is -1.77. The van der Waals surface area contributed by atoms with E-state index < -0.39 is 10.0 Å². The summed E-state index contributed by atoms with van der Waals surface area (Å²) in [6.45, 7) is 5.36. The van der Waals surface area contributed by atoms with Gasteiger partial charge in [0.15, 0.2) is 0 Å². The normalized spacial score (nSPS) is 21.6. The van der Waals surface area contributed by atoms with Crippen molar-refractivity contribution < 1.29 is 12.8 Å². The second kappa shape index (κ2) is 7.46. The summed E-state index contributed by atoms with van der Waals surface area (Å²) in [5, 5.41) is 8.05. The number of hydrogen-bond donors (Lipinski definition) is 0. The summed E-state index contributed by atoms with van der Waals surface area (Å²) in [4.78, 5) is 2.07. The van der Waals surface area contributed by atoms with Crippen molar-refractivity contribution in [3.05, 3.63) is 47.2 Å². The molecule has 1 fully saturated rings. The van der Waals surface area contributed by atoms with Gasteiger partial charge in [-0.15, -0.1) is 10.2 Å². The first-order valence-electron chi connectivity index (χ1n) is 8.72. The Bertz CT molecular complexity index is 846. The summed E-state index contributed by atoms with van der Waals surface area (Å²) in [6.07, 6.45) is 0. The molecule has 1 aliphatic rings. The highest BCUT2D eigenvalue weighted by Crippen LogP contribution is 2.34. The van der Waals surface area contributed by atoms with Gasteiger partial charge in [0.25, 0.3) is 0 Å². The molecule has 1 saturated heterocycles. The molecule has 2 atom stereocenters. The number of benzene rings is 1. The molecule has 1 aliphatic heterocycles. The summed E-state index contributed by atoms with van der Waals surface area (Å²) >= 11 is 0. The predicted octanol–water partition coefficient (Wildman–Crippen LogP) is 1.79. The Kier molecular flexibility index (Phi) is 5.45. The van der Waals surface area contributed by atoms with Gasteiger partial charge in [-0.3, -0.25) is 0 Å². The van der Waals surface area contributed by atoms with Crippen LogP contribution in [0.25, 0.3) is 0 Å². The number of aromatic nitrogens is 2. The predicted molar refractivity (Wildman–Crippen MR) is 99.2 cm³/mol. The van der Waals surface area contributed by atoms with E-state index in [1.165, 1.54) is 0 Å². The third kappa shape index (κ3) is 4.31. The van der Waals surface area contributed by atoms with Gasteiger partial charge in [-0.1, -0.05) is 29.8 Å². The van der Waals surface area contributed by atoms with E-state index in [2.05, 4.69) is 15.1 Å². The van der Waals surface area contributed by atoms with Crippen LogP contribution >= 0.6 is 0 Å². The summed E-state index contributed by atoms with van der Waals surface area (Å²) < 4.78 is 33.1. The molecule has 26 heavy (non-hydrogen) atoms. The van der Waals surface area contributed by atoms with Crippen LogP contribution in [0.2, 0.25) is 0 Å². The summed E-state index contributed by atoms with van der Waals surface area (Å²) in [6, 6.07) is 7.62. The van der Waals surface area contributed by atoms with Gasteiger partial charge < -0.3 is 9.32 Å². The Morgan fingerprint density at radius 2 is 1.85 bits per heavy atom. The number of hydrogen-bond acceptors (Lipinski definition) is 6. The molecule has 0 unspecified atom stereocenters. The molecule has 0 aliphatic carbocycles. The Morgan fingerprint density at radius 3 is 2.42 bits per heavy atom. The van der Waals surface area contributed by atoms with Crippen LogP contribution in [0.3, 0.4) is 0 Å². The standard InChI is InChI=1S/C18H26N4O3S/c1-13-5-7-15(8-6-13)12-26(23,24)22-10-16(9-21(3)4)17(11-22)18-20-19-14(2)25-18/h5-8,16-17H,9-12H2,1-4H3/t16-,17-/m0/s1. The van der Waals surface area contributed by atoms with Gasteiger partial charge in [-0.2, -0.15) is 0 Å². The van der Waals surface area contributed by atoms with Crippen molar-refractivity contribution in [1.29, 1.82) is 0 Å². The minimum atomic E-state index is -3.40. The lowest BCUT2D eigenvalue weighted by molar-refractivity contribution is 0.297. The maximum absolute atomic E-state index is 12.9. The van der Waals surface area contributed by atoms with E-state index in [-0.39, 0.29) is 17.6 Å². The molecule has 0 radical (unpaired) electrons. The lowest BCUT2D eigenvalue weighted by Crippen LogP contribution is -2.31. The van der Waals surface area contributed by atoms with Crippen LogP contribution in [0.15, 0.2) is 28.7 Å². The Balaban J connectivity index is 1.80. The lowest BCUT2D eigenvalue weighted by atomic mass is 9.96. The molecule has 2 aromatic rings. The van der Waals surface area contributed by atoms with E-state index in [1.807, 2.05) is 45.3 Å². The van der Waals surface area contributed by atoms with Gasteiger partial charge in [-0.05, 0) is 32.5 Å². The van der Waals surface area contributed by atoms with E-state index in [0.29, 0.717) is 24.9 Å². The van der Waals surface area contributed by atoms with E-state index in [9.17, 15) is 8.42 Å². The van der Waals surface area contributed by atoms with Gasteiger partial charge in [0.05, 0.1) is 11.7 Å². The smallest absolute Gasteiger partial charge is 0.221 e. The summed E-state index contributed by atoms with van der Waals surface area (Å²) in [7, 11) is 0.568. The van der Waals surface area contributed by atoms with Crippen molar-refractivity contribution in [2.75, 3.05) is 33.7 Å². The average Bonchev–Trinajstić information content (AvgIpc) is 3.15. The van der Waals surface area contributed by atoms with Crippen molar-refractivity contribution >= 4 is 10.0 Å². The summed E-state index contributed by atoms with van der Waals surface area (Å²) in [5.74, 6) is 1.09. The second-order valence-corrected chi connectivity index (χ2v) is 9.32. The summed E-state index contributed by atoms with van der Waals surface area (Å²) in [5.41, 5.74) is 1.92. The fourth-order valence-corrected chi connectivity index (χ4v) is 5.04. The molecule has 1 aromatic heterocycles. The molecular weight excluding hydrogens is 352 g/mol. The molecule has 1 aromatic carbocycles. The zero-order valence-electron chi connectivity index (χ0n) is 15.7. The van der Waals surface area contributed by atoms with Gasteiger partial charge >= 0.3 is 0 Å². The minimum Gasteiger partial charge on any atom is -0.425 e. The molecule has 0 spiro atoms. The molecule has 0 N–H and O–H groups in total. The van der Waals surface area contributed by atoms with Crippen molar-refractivity contribution in [1.82, 2.24) is 19.4 Å². The van der Waals surface area contributed by atoms with Gasteiger partial charge in [0.1, 0.15) is 0 Å². The van der Waals surface area contributed by atoms with Crippen LogP contribution in [0.5, 0.6) is 0 Å². The Labute approximate surface area is 155 Å². The van der Waals surface area contributed by atoms with Crippen LogP contribution in [0.4, 0.5) is 0 Å². The van der Waals surface area contributed by atoms with Gasteiger partial charge in [-0.25, -0.2) is 12.7 Å². The first kappa shape index (κ1) is 19.0. The van der Waals surface area contributed by atoms with Crippen LogP contribution in [0, 0.1) is 19.8 Å². The van der Waals surface area contributed by atoms with E-state index in [1.54, 1.807) is 11.2 Å². The highest BCUT2D eigenvalue weighted by atomic mass is 32.2. The zero-order chi connectivity index (χ0) is 18.9. The second-order valence-electron chi connectivity index (χ2n) is 7.35. The van der Waals surface area contributed by atoms with Gasteiger partial charge in [0, 0.05) is 26.6 Å². The fourth-order valence-electron chi connectivity index (χ4n) is 3.44. The monoisotopic (exact) mass is 378 g/mol. The molecule has 142 valence electrons. The molecule has 0 saturated carbocycles. The first-order chi connectivity index (χ1) is 12.2. The molecule has 0 amide bonds. The van der Waals surface area contributed by atoms with Crippen molar-refractivity contribution in [3.63, 3.8) is 0 Å². The third-order valence-electron chi connectivity index (χ3n) is 4.73. The highest BCUT2D eigenvalue weighted by molar-refractivity contribution is 7.88. The number of sulfonamides is 1. The number of nitrogens with zero attached hydrogens (tertiary/aromatic N) is 4. The largest absolute Gasteiger partial charge is 0.425 e. The number of rotatable bonds is 6. The van der Waals surface area contributed by atoms with Gasteiger partial charge in [0.2, 0.25) is 21.8 Å². The molecule has 8 heteroatoms. The van der Waals surface area contributed by atoms with Crippen LogP contribution in [-0.2, 0) is 15.8 Å². The van der Waals surface area contributed by atoms with E-state index in [0.717, 1.165) is 17.7 Å². The first-order valence-corrected chi connectivity index (χ1v) is 10.3. The highest BCUT2D eigenvalue weighted by Gasteiger charge is 2.42. The fraction of sp³-hybridized carbons (Fsp3) is 0.556. The zero-order valence-corrected chi connectivity index (χ0v) is 16.5. The van der Waals surface area contributed by atoms with E-state index in [4.69, 9.17) is 4.42 Å². The minimum absolute atomic E-state index is 0.0115. The van der Waals surface area contributed by atoms with E-state index >= 15 is 0 Å². The van der Waals surface area contributed by atoms with Crippen molar-refractivity contribution in [2.24, 2.45) is 5.92 Å². The SMILES string of the molecule is Cc1ccc(CS(=O)(=O)N2C[C@H](CN(C)C)[C@@H](c3nnc(C)o3)C2)cc1. The molecular formula is C18H26N4O3S. The van der Waals surface area contributed by atoms with Crippen molar-refractivity contribution in [3.8, 4) is 0 Å². The Morgan fingerprint density at radius 1 is 1.15 bits per heavy atom. The maximum Gasteiger partial charge on any atom is 0.221 e. The molecule has 0 bridgehead atoms. The molecule has 2 heterocycles. The van der Waals surface area contributed by atoms with Crippen LogP contribution in [-0.4, -0.2) is 61.5 Å². The quantitative estimate of drug-likeness (QED) is 0.762. The van der Waals surface area contributed by atoms with Crippen molar-refractivity contribution in [2.45, 2.75) is 25.5 Å². The number of aryl methyl sites for hydroxylation is 2.